The molecule has 2 atom stereocenters. The highest BCUT2D eigenvalue weighted by atomic mass is 16.3. The number of aliphatic hydroxyl groups excluding tert-OH is 1. The van der Waals surface area contributed by atoms with Gasteiger partial charge in [0.25, 0.3) is 0 Å². The van der Waals surface area contributed by atoms with Crippen molar-refractivity contribution >= 4 is 5.52 Å². The monoisotopic (exact) mass is 202 g/mol. The van der Waals surface area contributed by atoms with Crippen LogP contribution in [0.4, 0.5) is 0 Å². The SMILES string of the molecule is OC1CCCC1c1ccc2ccnn2c1. The average molecular weight is 202 g/mol. The van der Waals surface area contributed by atoms with Crippen molar-refractivity contribution in [3.8, 4) is 0 Å². The van der Waals surface area contributed by atoms with Crippen LogP contribution in [0.25, 0.3) is 5.52 Å². The Hall–Kier alpha value is -1.35. The average Bonchev–Trinajstić information content (AvgIpc) is 2.84. The van der Waals surface area contributed by atoms with Crippen molar-refractivity contribution < 1.29 is 5.11 Å². The van der Waals surface area contributed by atoms with Gasteiger partial charge in [-0.3, -0.25) is 0 Å². The van der Waals surface area contributed by atoms with E-state index in [9.17, 15) is 5.11 Å². The first-order valence-electron chi connectivity index (χ1n) is 5.46. The molecule has 0 aliphatic heterocycles. The van der Waals surface area contributed by atoms with Gasteiger partial charge in [0.2, 0.25) is 0 Å². The second-order valence-corrected chi connectivity index (χ2v) is 4.27. The fourth-order valence-electron chi connectivity index (χ4n) is 2.48. The quantitative estimate of drug-likeness (QED) is 0.767. The predicted octanol–water partition coefficient (Wildman–Crippen LogP) is 1.96. The van der Waals surface area contributed by atoms with Crippen molar-refractivity contribution in [1.29, 1.82) is 0 Å². The molecule has 78 valence electrons. The fraction of sp³-hybridized carbons (Fsp3) is 0.417. The molecule has 15 heavy (non-hydrogen) atoms. The Bertz CT molecular complexity index is 477. The highest BCUT2D eigenvalue weighted by Gasteiger charge is 2.26. The standard InChI is InChI=1S/C12H14N2O/c15-12-3-1-2-11(12)9-4-5-10-6-7-13-14(10)8-9/h4-8,11-12,15H,1-3H2. The smallest absolute Gasteiger partial charge is 0.0661 e. The topological polar surface area (TPSA) is 37.5 Å². The molecule has 2 unspecified atom stereocenters. The molecule has 2 aromatic heterocycles. The molecule has 2 heterocycles. The number of aliphatic hydroxyl groups is 1. The summed E-state index contributed by atoms with van der Waals surface area (Å²) in [4.78, 5) is 0. The lowest BCUT2D eigenvalue weighted by atomic mass is 9.97. The van der Waals surface area contributed by atoms with E-state index in [0.717, 1.165) is 24.8 Å². The van der Waals surface area contributed by atoms with Crippen LogP contribution in [0.2, 0.25) is 0 Å². The zero-order chi connectivity index (χ0) is 10.3. The molecular weight excluding hydrogens is 188 g/mol. The van der Waals surface area contributed by atoms with Crippen molar-refractivity contribution in [2.24, 2.45) is 0 Å². The van der Waals surface area contributed by atoms with Gasteiger partial charge < -0.3 is 5.11 Å². The van der Waals surface area contributed by atoms with E-state index in [1.54, 1.807) is 6.20 Å². The maximum Gasteiger partial charge on any atom is 0.0661 e. The molecule has 0 radical (unpaired) electrons. The number of pyridine rings is 1. The van der Waals surface area contributed by atoms with Crippen molar-refractivity contribution in [2.45, 2.75) is 31.3 Å². The summed E-state index contributed by atoms with van der Waals surface area (Å²) in [5.74, 6) is 0.304. The van der Waals surface area contributed by atoms with E-state index in [1.807, 2.05) is 16.8 Å². The Morgan fingerprint density at radius 3 is 3.00 bits per heavy atom. The number of hydrogen-bond donors (Lipinski definition) is 1. The Kier molecular flexibility index (Phi) is 1.99. The van der Waals surface area contributed by atoms with Gasteiger partial charge >= 0.3 is 0 Å². The minimum atomic E-state index is -0.169. The normalized spacial score (nSPS) is 26.2. The molecule has 0 aromatic carbocycles. The Morgan fingerprint density at radius 2 is 2.20 bits per heavy atom. The lowest BCUT2D eigenvalue weighted by molar-refractivity contribution is 0.163. The summed E-state index contributed by atoms with van der Waals surface area (Å²) in [6.07, 6.45) is 6.82. The third kappa shape index (κ3) is 1.43. The van der Waals surface area contributed by atoms with Crippen molar-refractivity contribution in [3.63, 3.8) is 0 Å². The minimum absolute atomic E-state index is 0.169. The number of fused-ring (bicyclic) bond motifs is 1. The number of nitrogens with zero attached hydrogens (tertiary/aromatic N) is 2. The third-order valence-electron chi connectivity index (χ3n) is 3.33. The summed E-state index contributed by atoms with van der Waals surface area (Å²) < 4.78 is 1.88. The second kappa shape index (κ2) is 3.35. The predicted molar refractivity (Wildman–Crippen MR) is 57.8 cm³/mol. The van der Waals surface area contributed by atoms with E-state index in [1.165, 1.54) is 5.56 Å². The summed E-state index contributed by atoms with van der Waals surface area (Å²) in [7, 11) is 0. The first-order chi connectivity index (χ1) is 7.34. The van der Waals surface area contributed by atoms with Gasteiger partial charge in [0.15, 0.2) is 0 Å². The van der Waals surface area contributed by atoms with Gasteiger partial charge in [-0.2, -0.15) is 5.10 Å². The van der Waals surface area contributed by atoms with Crippen LogP contribution in [0, 0.1) is 0 Å². The molecule has 3 heteroatoms. The van der Waals surface area contributed by atoms with Crippen LogP contribution >= 0.6 is 0 Å². The number of hydrogen-bond acceptors (Lipinski definition) is 2. The molecule has 1 saturated carbocycles. The number of rotatable bonds is 1. The van der Waals surface area contributed by atoms with E-state index in [2.05, 4.69) is 17.2 Å². The summed E-state index contributed by atoms with van der Waals surface area (Å²) in [5.41, 5.74) is 2.31. The zero-order valence-corrected chi connectivity index (χ0v) is 8.50. The molecule has 1 N–H and O–H groups in total. The molecule has 2 aromatic rings. The maximum absolute atomic E-state index is 9.84. The highest BCUT2D eigenvalue weighted by Crippen LogP contribution is 2.34. The summed E-state index contributed by atoms with van der Waals surface area (Å²) in [6.45, 7) is 0. The molecule has 0 amide bonds. The third-order valence-corrected chi connectivity index (χ3v) is 3.33. The van der Waals surface area contributed by atoms with E-state index >= 15 is 0 Å². The lowest BCUT2D eigenvalue weighted by Gasteiger charge is -2.14. The van der Waals surface area contributed by atoms with E-state index in [-0.39, 0.29) is 6.10 Å². The zero-order valence-electron chi connectivity index (χ0n) is 8.50. The van der Waals surface area contributed by atoms with Gasteiger partial charge in [0.1, 0.15) is 0 Å². The molecule has 1 fully saturated rings. The second-order valence-electron chi connectivity index (χ2n) is 4.27. The van der Waals surface area contributed by atoms with Gasteiger partial charge in [-0.05, 0) is 30.5 Å². The Morgan fingerprint density at radius 1 is 1.27 bits per heavy atom. The summed E-state index contributed by atoms with van der Waals surface area (Å²) in [5, 5.41) is 14.0. The molecule has 3 rings (SSSR count). The van der Waals surface area contributed by atoms with E-state index < -0.39 is 0 Å². The van der Waals surface area contributed by atoms with Crippen LogP contribution in [-0.2, 0) is 0 Å². The van der Waals surface area contributed by atoms with Crippen LogP contribution in [0.1, 0.15) is 30.7 Å². The lowest BCUT2D eigenvalue weighted by Crippen LogP contribution is -2.11. The summed E-state index contributed by atoms with van der Waals surface area (Å²) >= 11 is 0. The van der Waals surface area contributed by atoms with Crippen LogP contribution < -0.4 is 0 Å². The first-order valence-corrected chi connectivity index (χ1v) is 5.46. The van der Waals surface area contributed by atoms with Gasteiger partial charge in [0.05, 0.1) is 11.6 Å². The maximum atomic E-state index is 9.84. The molecule has 0 spiro atoms. The van der Waals surface area contributed by atoms with Gasteiger partial charge in [-0.25, -0.2) is 4.52 Å². The van der Waals surface area contributed by atoms with Crippen LogP contribution in [0.3, 0.4) is 0 Å². The highest BCUT2D eigenvalue weighted by molar-refractivity contribution is 5.46. The van der Waals surface area contributed by atoms with Gasteiger partial charge in [-0.15, -0.1) is 0 Å². The number of aromatic nitrogens is 2. The van der Waals surface area contributed by atoms with E-state index in [0.29, 0.717) is 5.92 Å². The fourth-order valence-corrected chi connectivity index (χ4v) is 2.48. The van der Waals surface area contributed by atoms with Crippen LogP contribution in [0.5, 0.6) is 0 Å². The van der Waals surface area contributed by atoms with Gasteiger partial charge in [0, 0.05) is 18.3 Å². The molecule has 1 aliphatic rings. The summed E-state index contributed by atoms with van der Waals surface area (Å²) in [6, 6.07) is 6.15. The Labute approximate surface area is 88.4 Å². The van der Waals surface area contributed by atoms with Crippen molar-refractivity contribution in [3.05, 3.63) is 36.2 Å². The van der Waals surface area contributed by atoms with Crippen molar-refractivity contribution in [1.82, 2.24) is 9.61 Å². The molecule has 3 nitrogen and oxygen atoms in total. The first kappa shape index (κ1) is 8.92. The van der Waals surface area contributed by atoms with E-state index in [4.69, 9.17) is 0 Å². The molecule has 0 saturated heterocycles. The van der Waals surface area contributed by atoms with Crippen molar-refractivity contribution in [2.75, 3.05) is 0 Å². The minimum Gasteiger partial charge on any atom is -0.392 e. The van der Waals surface area contributed by atoms with Crippen LogP contribution in [0.15, 0.2) is 30.6 Å². The molecule has 1 aliphatic carbocycles. The van der Waals surface area contributed by atoms with Crippen LogP contribution in [-0.4, -0.2) is 20.8 Å². The molecule has 0 bridgehead atoms. The van der Waals surface area contributed by atoms with Gasteiger partial charge in [-0.1, -0.05) is 12.5 Å². The molecular formula is C12H14N2O. The Balaban J connectivity index is 2.03. The largest absolute Gasteiger partial charge is 0.392 e.